The molecule has 3 aromatic rings. The second-order valence-electron chi connectivity index (χ2n) is 4.45. The molecular formula is C15H16N2. The minimum Gasteiger partial charge on any atom is -0.397 e. The summed E-state index contributed by atoms with van der Waals surface area (Å²) in [4.78, 5) is 0. The van der Waals surface area contributed by atoms with Gasteiger partial charge in [-0.15, -0.1) is 0 Å². The molecule has 0 saturated heterocycles. The molecule has 0 amide bonds. The Labute approximate surface area is 101 Å². The summed E-state index contributed by atoms with van der Waals surface area (Å²) in [6, 6.07) is 12.8. The number of benzene rings is 2. The zero-order valence-corrected chi connectivity index (χ0v) is 10.2. The highest BCUT2D eigenvalue weighted by Crippen LogP contribution is 2.33. The van der Waals surface area contributed by atoms with Gasteiger partial charge in [-0.1, -0.05) is 30.3 Å². The van der Waals surface area contributed by atoms with Gasteiger partial charge < -0.3 is 10.3 Å². The third kappa shape index (κ3) is 1.27. The van der Waals surface area contributed by atoms with Crippen molar-refractivity contribution < 1.29 is 0 Å². The molecule has 2 nitrogen and oxygen atoms in total. The van der Waals surface area contributed by atoms with Crippen molar-refractivity contribution in [2.75, 3.05) is 5.73 Å². The van der Waals surface area contributed by atoms with E-state index in [1.54, 1.807) is 0 Å². The Balaban J connectivity index is 2.63. The summed E-state index contributed by atoms with van der Waals surface area (Å²) in [5.41, 5.74) is 10.7. The van der Waals surface area contributed by atoms with Crippen LogP contribution in [0.5, 0.6) is 0 Å². The third-order valence-corrected chi connectivity index (χ3v) is 3.51. The first-order valence-electron chi connectivity index (χ1n) is 6.00. The fourth-order valence-electron chi connectivity index (χ4n) is 2.60. The van der Waals surface area contributed by atoms with E-state index in [1.165, 1.54) is 21.8 Å². The Kier molecular flexibility index (Phi) is 2.11. The summed E-state index contributed by atoms with van der Waals surface area (Å²) >= 11 is 0. The molecule has 0 aliphatic heterocycles. The van der Waals surface area contributed by atoms with Crippen LogP contribution in [-0.4, -0.2) is 4.57 Å². The monoisotopic (exact) mass is 224 g/mol. The van der Waals surface area contributed by atoms with Crippen LogP contribution >= 0.6 is 0 Å². The van der Waals surface area contributed by atoms with E-state index in [0.29, 0.717) is 0 Å². The van der Waals surface area contributed by atoms with Crippen LogP contribution in [0.25, 0.3) is 21.8 Å². The number of anilines is 1. The van der Waals surface area contributed by atoms with Crippen molar-refractivity contribution in [1.82, 2.24) is 4.57 Å². The molecule has 2 N–H and O–H groups in total. The lowest BCUT2D eigenvalue weighted by Gasteiger charge is -2.07. The normalized spacial score (nSPS) is 11.4. The number of nitrogen functional groups attached to an aromatic ring is 1. The molecule has 0 saturated carbocycles. The second-order valence-corrected chi connectivity index (χ2v) is 4.45. The van der Waals surface area contributed by atoms with Crippen LogP contribution in [0.2, 0.25) is 0 Å². The van der Waals surface area contributed by atoms with Crippen molar-refractivity contribution in [1.29, 1.82) is 0 Å². The van der Waals surface area contributed by atoms with Gasteiger partial charge in [0, 0.05) is 22.8 Å². The fraction of sp³-hybridized carbons (Fsp3) is 0.200. The van der Waals surface area contributed by atoms with Gasteiger partial charge in [-0.2, -0.15) is 0 Å². The van der Waals surface area contributed by atoms with E-state index in [9.17, 15) is 0 Å². The van der Waals surface area contributed by atoms with Crippen LogP contribution < -0.4 is 5.73 Å². The smallest absolute Gasteiger partial charge is 0.0727 e. The van der Waals surface area contributed by atoms with Crippen molar-refractivity contribution in [2.45, 2.75) is 20.4 Å². The number of nitrogens with zero attached hydrogens (tertiary/aromatic N) is 1. The lowest BCUT2D eigenvalue weighted by atomic mass is 10.1. The number of nitrogens with two attached hydrogens (primary N) is 1. The molecule has 0 bridgehead atoms. The van der Waals surface area contributed by atoms with Crippen LogP contribution in [0.15, 0.2) is 36.4 Å². The van der Waals surface area contributed by atoms with Gasteiger partial charge in [-0.05, 0) is 25.5 Å². The Hall–Kier alpha value is -1.96. The van der Waals surface area contributed by atoms with Gasteiger partial charge >= 0.3 is 0 Å². The predicted octanol–water partition coefficient (Wildman–Crippen LogP) is 3.71. The first-order valence-corrected chi connectivity index (χ1v) is 6.00. The topological polar surface area (TPSA) is 30.9 Å². The molecule has 86 valence electrons. The summed E-state index contributed by atoms with van der Waals surface area (Å²) in [5, 5.41) is 2.54. The lowest BCUT2D eigenvalue weighted by molar-refractivity contribution is 0.828. The molecule has 0 unspecified atom stereocenters. The third-order valence-electron chi connectivity index (χ3n) is 3.51. The van der Waals surface area contributed by atoms with Crippen molar-refractivity contribution in [3.8, 4) is 0 Å². The largest absolute Gasteiger partial charge is 0.397 e. The van der Waals surface area contributed by atoms with Crippen LogP contribution in [0.1, 0.15) is 12.5 Å². The average molecular weight is 224 g/mol. The first-order chi connectivity index (χ1) is 8.24. The molecule has 0 atom stereocenters. The van der Waals surface area contributed by atoms with Gasteiger partial charge in [0.25, 0.3) is 0 Å². The van der Waals surface area contributed by atoms with Crippen LogP contribution in [-0.2, 0) is 6.54 Å². The highest BCUT2D eigenvalue weighted by Gasteiger charge is 2.12. The minimum atomic E-state index is 0.903. The molecule has 0 fully saturated rings. The molecule has 3 rings (SSSR count). The number of aryl methyl sites for hydroxylation is 2. The lowest BCUT2D eigenvalue weighted by Crippen LogP contribution is -1.98. The van der Waals surface area contributed by atoms with E-state index < -0.39 is 0 Å². The van der Waals surface area contributed by atoms with Gasteiger partial charge in [0.05, 0.1) is 11.2 Å². The minimum absolute atomic E-state index is 0.903. The van der Waals surface area contributed by atoms with Crippen LogP contribution in [0.3, 0.4) is 0 Å². The van der Waals surface area contributed by atoms with E-state index in [-0.39, 0.29) is 0 Å². The summed E-state index contributed by atoms with van der Waals surface area (Å²) in [5.74, 6) is 0. The van der Waals surface area contributed by atoms with Gasteiger partial charge in [0.1, 0.15) is 0 Å². The van der Waals surface area contributed by atoms with E-state index in [0.717, 1.165) is 17.8 Å². The number of fused-ring (bicyclic) bond motifs is 3. The number of para-hydroxylation sites is 1. The molecule has 0 spiro atoms. The highest BCUT2D eigenvalue weighted by molar-refractivity contribution is 6.12. The molecule has 17 heavy (non-hydrogen) atoms. The summed E-state index contributed by atoms with van der Waals surface area (Å²) in [6.07, 6.45) is 0. The van der Waals surface area contributed by atoms with Crippen LogP contribution in [0, 0.1) is 6.92 Å². The molecule has 0 radical (unpaired) electrons. The summed E-state index contributed by atoms with van der Waals surface area (Å²) < 4.78 is 2.30. The maximum Gasteiger partial charge on any atom is 0.0727 e. The number of rotatable bonds is 1. The summed E-state index contributed by atoms with van der Waals surface area (Å²) in [6.45, 7) is 5.16. The predicted molar refractivity (Wildman–Crippen MR) is 74.3 cm³/mol. The maximum atomic E-state index is 6.24. The zero-order valence-electron chi connectivity index (χ0n) is 10.2. The molecule has 1 aromatic heterocycles. The van der Waals surface area contributed by atoms with Crippen molar-refractivity contribution in [3.63, 3.8) is 0 Å². The van der Waals surface area contributed by atoms with Gasteiger partial charge in [-0.3, -0.25) is 0 Å². The zero-order chi connectivity index (χ0) is 12.0. The Bertz CT molecular complexity index is 708. The quantitative estimate of drug-likeness (QED) is 0.628. The molecular weight excluding hydrogens is 208 g/mol. The molecule has 1 heterocycles. The molecule has 0 aliphatic rings. The van der Waals surface area contributed by atoms with E-state index in [4.69, 9.17) is 5.73 Å². The van der Waals surface area contributed by atoms with Crippen molar-refractivity contribution in [3.05, 3.63) is 42.0 Å². The maximum absolute atomic E-state index is 6.24. The van der Waals surface area contributed by atoms with E-state index in [2.05, 4.69) is 54.8 Å². The Morgan fingerprint density at radius 2 is 1.82 bits per heavy atom. The fourth-order valence-corrected chi connectivity index (χ4v) is 2.60. The number of hydrogen-bond donors (Lipinski definition) is 1. The number of hydrogen-bond acceptors (Lipinski definition) is 1. The highest BCUT2D eigenvalue weighted by atomic mass is 15.0. The van der Waals surface area contributed by atoms with Crippen molar-refractivity contribution in [2.24, 2.45) is 0 Å². The van der Waals surface area contributed by atoms with E-state index >= 15 is 0 Å². The second kappa shape index (κ2) is 3.52. The van der Waals surface area contributed by atoms with Crippen molar-refractivity contribution >= 4 is 27.5 Å². The van der Waals surface area contributed by atoms with Gasteiger partial charge in [0.15, 0.2) is 0 Å². The Morgan fingerprint density at radius 1 is 1.06 bits per heavy atom. The average Bonchev–Trinajstić information content (AvgIpc) is 2.68. The van der Waals surface area contributed by atoms with Crippen LogP contribution in [0.4, 0.5) is 5.69 Å². The van der Waals surface area contributed by atoms with Gasteiger partial charge in [0.2, 0.25) is 0 Å². The van der Waals surface area contributed by atoms with E-state index in [1.807, 2.05) is 0 Å². The SMILES string of the molecule is CCn1c2ccccc2c2ccc(C)c(N)c21. The van der Waals surface area contributed by atoms with Gasteiger partial charge in [-0.25, -0.2) is 0 Å². The molecule has 2 aromatic carbocycles. The molecule has 2 heteroatoms. The Morgan fingerprint density at radius 3 is 2.59 bits per heavy atom. The summed E-state index contributed by atoms with van der Waals surface area (Å²) in [7, 11) is 0. The standard InChI is InChI=1S/C15H16N2/c1-3-17-13-7-5-4-6-11(13)12-9-8-10(2)14(16)15(12)17/h4-9H,3,16H2,1-2H3. The molecule has 0 aliphatic carbocycles. The first kappa shape index (κ1) is 10.2. The number of aromatic nitrogens is 1.